The van der Waals surface area contributed by atoms with E-state index in [1.165, 1.54) is 24.1 Å². The zero-order valence-corrected chi connectivity index (χ0v) is 10.7. The van der Waals surface area contributed by atoms with Gasteiger partial charge in [-0.25, -0.2) is 9.18 Å². The van der Waals surface area contributed by atoms with Crippen molar-refractivity contribution in [2.75, 3.05) is 26.7 Å². The molecule has 1 atom stereocenters. The molecule has 1 aliphatic rings. The fraction of sp³-hybridized carbons (Fsp3) is 0.462. The van der Waals surface area contributed by atoms with E-state index in [1.807, 2.05) is 0 Å². The molecule has 1 fully saturated rings. The van der Waals surface area contributed by atoms with Crippen molar-refractivity contribution in [3.05, 3.63) is 29.6 Å². The molecular formula is C13H17FN2O3. The van der Waals surface area contributed by atoms with Crippen molar-refractivity contribution in [1.29, 1.82) is 0 Å². The van der Waals surface area contributed by atoms with E-state index in [-0.39, 0.29) is 11.9 Å². The quantitative estimate of drug-likeness (QED) is 0.868. The van der Waals surface area contributed by atoms with E-state index in [0.29, 0.717) is 37.4 Å². The number of carbonyl (C=O) groups is 1. The van der Waals surface area contributed by atoms with Gasteiger partial charge in [-0.15, -0.1) is 0 Å². The minimum Gasteiger partial charge on any atom is -0.496 e. The second-order valence-electron chi connectivity index (χ2n) is 4.49. The number of hydrogen-bond acceptors (Lipinski definition) is 3. The molecule has 1 heterocycles. The second kappa shape index (κ2) is 5.88. The number of methoxy groups -OCH3 is 1. The minimum atomic E-state index is -0.943. The van der Waals surface area contributed by atoms with Crippen molar-refractivity contribution >= 4 is 6.09 Å². The lowest BCUT2D eigenvalue weighted by molar-refractivity contribution is 0.112. The summed E-state index contributed by atoms with van der Waals surface area (Å²) in [5, 5.41) is 12.3. The largest absolute Gasteiger partial charge is 0.496 e. The van der Waals surface area contributed by atoms with Crippen molar-refractivity contribution in [3.8, 4) is 5.75 Å². The number of piperazine rings is 1. The molecule has 0 spiro atoms. The first-order valence-electron chi connectivity index (χ1n) is 6.14. The third-order valence-corrected chi connectivity index (χ3v) is 3.29. The third-order valence-electron chi connectivity index (χ3n) is 3.29. The molecule has 1 amide bonds. The first-order valence-corrected chi connectivity index (χ1v) is 6.14. The zero-order chi connectivity index (χ0) is 13.8. The van der Waals surface area contributed by atoms with Gasteiger partial charge in [-0.1, -0.05) is 0 Å². The number of nitrogens with one attached hydrogen (secondary N) is 1. The second-order valence-corrected chi connectivity index (χ2v) is 4.49. The standard InChI is InChI=1S/C13H17FN2O3/c1-19-12-3-2-10(14)6-9(12)7-11-8-15-4-5-16(11)13(17)18/h2-3,6,11,15H,4-5,7-8H2,1H3,(H,17,18). The van der Waals surface area contributed by atoms with Crippen molar-refractivity contribution < 1.29 is 19.0 Å². The van der Waals surface area contributed by atoms with Crippen LogP contribution in [0.25, 0.3) is 0 Å². The Hall–Kier alpha value is -1.82. The highest BCUT2D eigenvalue weighted by molar-refractivity contribution is 5.65. The Balaban J connectivity index is 2.18. The van der Waals surface area contributed by atoms with Gasteiger partial charge in [0.15, 0.2) is 0 Å². The molecule has 0 radical (unpaired) electrons. The Morgan fingerprint density at radius 3 is 3.11 bits per heavy atom. The van der Waals surface area contributed by atoms with Crippen LogP contribution in [0.15, 0.2) is 18.2 Å². The van der Waals surface area contributed by atoms with Crippen LogP contribution in [0.1, 0.15) is 5.56 Å². The summed E-state index contributed by atoms with van der Waals surface area (Å²) in [5.41, 5.74) is 0.683. The van der Waals surface area contributed by atoms with Gasteiger partial charge in [-0.3, -0.25) is 0 Å². The summed E-state index contributed by atoms with van der Waals surface area (Å²) in [5.74, 6) is 0.235. The number of halogens is 1. The number of hydrogen-bond donors (Lipinski definition) is 2. The van der Waals surface area contributed by atoms with Crippen LogP contribution >= 0.6 is 0 Å². The maximum atomic E-state index is 13.3. The van der Waals surface area contributed by atoms with Gasteiger partial charge < -0.3 is 20.1 Å². The molecule has 2 N–H and O–H groups in total. The number of ether oxygens (including phenoxy) is 1. The summed E-state index contributed by atoms with van der Waals surface area (Å²) in [7, 11) is 1.52. The molecule has 5 nitrogen and oxygen atoms in total. The molecule has 19 heavy (non-hydrogen) atoms. The van der Waals surface area contributed by atoms with E-state index in [2.05, 4.69) is 5.32 Å². The molecule has 0 aromatic heterocycles. The van der Waals surface area contributed by atoms with Crippen LogP contribution in [0.5, 0.6) is 5.75 Å². The summed E-state index contributed by atoms with van der Waals surface area (Å²) < 4.78 is 18.5. The Morgan fingerprint density at radius 2 is 2.42 bits per heavy atom. The summed E-state index contributed by atoms with van der Waals surface area (Å²) >= 11 is 0. The zero-order valence-electron chi connectivity index (χ0n) is 10.7. The Kier molecular flexibility index (Phi) is 4.21. The summed E-state index contributed by atoms with van der Waals surface area (Å²) in [6, 6.07) is 4.08. The van der Waals surface area contributed by atoms with Crippen LogP contribution in [0.3, 0.4) is 0 Å². The average Bonchev–Trinajstić information content (AvgIpc) is 2.39. The van der Waals surface area contributed by atoms with Gasteiger partial charge in [0.25, 0.3) is 0 Å². The van der Waals surface area contributed by atoms with E-state index >= 15 is 0 Å². The molecule has 0 aliphatic carbocycles. The lowest BCUT2D eigenvalue weighted by atomic mass is 10.0. The highest BCUT2D eigenvalue weighted by atomic mass is 19.1. The number of nitrogens with zero attached hydrogens (tertiary/aromatic N) is 1. The number of rotatable bonds is 3. The molecule has 6 heteroatoms. The van der Waals surface area contributed by atoms with E-state index in [0.717, 1.165) is 0 Å². The molecule has 1 saturated heterocycles. The van der Waals surface area contributed by atoms with Gasteiger partial charge in [0.1, 0.15) is 11.6 Å². The van der Waals surface area contributed by atoms with Crippen LogP contribution in [0.2, 0.25) is 0 Å². The molecule has 2 rings (SSSR count). The maximum absolute atomic E-state index is 13.3. The van der Waals surface area contributed by atoms with E-state index in [9.17, 15) is 9.18 Å². The normalized spacial score (nSPS) is 19.3. The maximum Gasteiger partial charge on any atom is 0.407 e. The molecule has 1 aromatic rings. The topological polar surface area (TPSA) is 61.8 Å². The van der Waals surface area contributed by atoms with E-state index < -0.39 is 6.09 Å². The summed E-state index contributed by atoms with van der Waals surface area (Å²) in [6.45, 7) is 1.65. The van der Waals surface area contributed by atoms with Gasteiger partial charge in [-0.2, -0.15) is 0 Å². The fourth-order valence-corrected chi connectivity index (χ4v) is 2.36. The third kappa shape index (κ3) is 3.14. The van der Waals surface area contributed by atoms with E-state index in [4.69, 9.17) is 9.84 Å². The smallest absolute Gasteiger partial charge is 0.407 e. The van der Waals surface area contributed by atoms with Crippen molar-refractivity contribution in [2.24, 2.45) is 0 Å². The molecule has 0 saturated carbocycles. The average molecular weight is 268 g/mol. The summed E-state index contributed by atoms with van der Waals surface area (Å²) in [6.07, 6.45) is -0.512. The van der Waals surface area contributed by atoms with Crippen molar-refractivity contribution in [2.45, 2.75) is 12.5 Å². The highest BCUT2D eigenvalue weighted by Crippen LogP contribution is 2.22. The van der Waals surface area contributed by atoms with Gasteiger partial charge in [0.2, 0.25) is 0 Å². The predicted octanol–water partition coefficient (Wildman–Crippen LogP) is 1.33. The van der Waals surface area contributed by atoms with Crippen LogP contribution < -0.4 is 10.1 Å². The first kappa shape index (κ1) is 13.6. The van der Waals surface area contributed by atoms with Gasteiger partial charge in [0, 0.05) is 19.6 Å². The molecule has 1 unspecified atom stereocenters. The lowest BCUT2D eigenvalue weighted by Gasteiger charge is -2.34. The number of amides is 1. The van der Waals surface area contributed by atoms with Crippen LogP contribution in [-0.4, -0.2) is 48.9 Å². The van der Waals surface area contributed by atoms with Crippen LogP contribution in [0.4, 0.5) is 9.18 Å². The summed E-state index contributed by atoms with van der Waals surface area (Å²) in [4.78, 5) is 12.6. The van der Waals surface area contributed by atoms with Crippen LogP contribution in [0, 0.1) is 5.82 Å². The minimum absolute atomic E-state index is 0.207. The van der Waals surface area contributed by atoms with Gasteiger partial charge in [-0.05, 0) is 30.2 Å². The number of benzene rings is 1. The van der Waals surface area contributed by atoms with Gasteiger partial charge >= 0.3 is 6.09 Å². The predicted molar refractivity (Wildman–Crippen MR) is 68.0 cm³/mol. The van der Waals surface area contributed by atoms with Crippen LogP contribution in [-0.2, 0) is 6.42 Å². The van der Waals surface area contributed by atoms with E-state index in [1.54, 1.807) is 6.07 Å². The fourth-order valence-electron chi connectivity index (χ4n) is 2.36. The van der Waals surface area contributed by atoms with Crippen molar-refractivity contribution in [3.63, 3.8) is 0 Å². The Bertz CT molecular complexity index is 467. The monoisotopic (exact) mass is 268 g/mol. The molecule has 104 valence electrons. The SMILES string of the molecule is COc1ccc(F)cc1CC1CNCCN1C(=O)O. The molecule has 0 bridgehead atoms. The lowest BCUT2D eigenvalue weighted by Crippen LogP contribution is -2.54. The Labute approximate surface area is 111 Å². The molecule has 1 aliphatic heterocycles. The molecule has 1 aromatic carbocycles. The first-order chi connectivity index (χ1) is 9.11. The molecular weight excluding hydrogens is 251 g/mol. The van der Waals surface area contributed by atoms with Crippen molar-refractivity contribution in [1.82, 2.24) is 10.2 Å². The number of carboxylic acid groups (broad SMARTS) is 1. The van der Waals surface area contributed by atoms with Gasteiger partial charge in [0.05, 0.1) is 13.2 Å². The Morgan fingerprint density at radius 1 is 1.63 bits per heavy atom. The highest BCUT2D eigenvalue weighted by Gasteiger charge is 2.27.